The van der Waals surface area contributed by atoms with Gasteiger partial charge in [-0.2, -0.15) is 0 Å². The van der Waals surface area contributed by atoms with Gasteiger partial charge in [0.25, 0.3) is 5.91 Å². The Balaban J connectivity index is 1.46. The molecule has 1 aromatic heterocycles. The molecule has 3 atom stereocenters. The lowest BCUT2D eigenvalue weighted by Crippen LogP contribution is -2.50. The van der Waals surface area contributed by atoms with E-state index in [4.69, 9.17) is 14.6 Å². The molecule has 0 saturated carbocycles. The Morgan fingerprint density at radius 1 is 1.14 bits per heavy atom. The van der Waals surface area contributed by atoms with Crippen molar-refractivity contribution in [3.8, 4) is 11.5 Å². The summed E-state index contributed by atoms with van der Waals surface area (Å²) < 4.78 is 11.1. The van der Waals surface area contributed by atoms with Crippen molar-refractivity contribution in [3.05, 3.63) is 70.7 Å². The maximum absolute atomic E-state index is 13.6. The molecule has 0 radical (unpaired) electrons. The predicted octanol–water partition coefficient (Wildman–Crippen LogP) is 3.02. The zero-order chi connectivity index (χ0) is 26.1. The first-order chi connectivity index (χ1) is 17.8. The van der Waals surface area contributed by atoms with E-state index in [1.807, 2.05) is 6.07 Å². The number of aromatic nitrogens is 1. The molecule has 2 aromatic carbocycles. The Hall–Kier alpha value is -4.45. The summed E-state index contributed by atoms with van der Waals surface area (Å²) in [6.45, 7) is 2.52. The minimum atomic E-state index is -1.24. The number of aromatic carboxylic acids is 1. The fourth-order valence-electron chi connectivity index (χ4n) is 4.34. The molecule has 3 N–H and O–H groups in total. The zero-order valence-corrected chi connectivity index (χ0v) is 20.4. The van der Waals surface area contributed by atoms with E-state index >= 15 is 0 Å². The first kappa shape index (κ1) is 24.3. The molecule has 1 fully saturated rings. The van der Waals surface area contributed by atoms with E-state index in [2.05, 4.69) is 15.6 Å². The van der Waals surface area contributed by atoms with E-state index in [1.165, 1.54) is 5.38 Å². The number of nitrogens with zero attached hydrogens (tertiary/aromatic N) is 2. The van der Waals surface area contributed by atoms with Gasteiger partial charge in [-0.15, -0.1) is 11.3 Å². The fourth-order valence-corrected chi connectivity index (χ4v) is 5.03. The van der Waals surface area contributed by atoms with Crippen molar-refractivity contribution in [1.82, 2.24) is 15.2 Å². The number of benzene rings is 2. The van der Waals surface area contributed by atoms with Gasteiger partial charge in [-0.25, -0.2) is 19.5 Å². The first-order valence-electron chi connectivity index (χ1n) is 11.4. The topological polar surface area (TPSA) is 147 Å². The molecule has 0 aliphatic carbocycles. The highest BCUT2D eigenvalue weighted by Crippen LogP contribution is 2.36. The smallest absolute Gasteiger partial charge is 0.355 e. The van der Waals surface area contributed by atoms with Crippen LogP contribution in [0.3, 0.4) is 0 Å². The number of rotatable bonds is 7. The lowest BCUT2D eigenvalue weighted by Gasteiger charge is -2.29. The van der Waals surface area contributed by atoms with Gasteiger partial charge in [0.2, 0.25) is 5.91 Å². The zero-order valence-electron chi connectivity index (χ0n) is 19.5. The first-order valence-corrected chi connectivity index (χ1v) is 12.3. The van der Waals surface area contributed by atoms with Gasteiger partial charge >= 0.3 is 12.0 Å². The molecule has 3 aromatic rings. The molecule has 190 valence electrons. The molecule has 11 nitrogen and oxygen atoms in total. The Morgan fingerprint density at radius 3 is 2.57 bits per heavy atom. The number of hydrogen-bond donors (Lipinski definition) is 3. The minimum Gasteiger partial charge on any atom is -0.486 e. The van der Waals surface area contributed by atoms with Crippen LogP contribution in [0, 0.1) is 0 Å². The summed E-state index contributed by atoms with van der Waals surface area (Å²) in [6, 6.07) is 11.0. The second-order valence-corrected chi connectivity index (χ2v) is 9.33. The van der Waals surface area contributed by atoms with Crippen molar-refractivity contribution in [2.75, 3.05) is 18.5 Å². The molecule has 5 rings (SSSR count). The van der Waals surface area contributed by atoms with Crippen LogP contribution in [-0.2, 0) is 9.59 Å². The number of carboxylic acids is 1. The molecule has 2 aliphatic heterocycles. The number of ether oxygens (including phenoxy) is 2. The summed E-state index contributed by atoms with van der Waals surface area (Å²) in [4.78, 5) is 56.3. The van der Waals surface area contributed by atoms with Crippen molar-refractivity contribution in [3.63, 3.8) is 0 Å². The summed E-state index contributed by atoms with van der Waals surface area (Å²) in [5.74, 6) is -2.09. The second kappa shape index (κ2) is 9.90. The lowest BCUT2D eigenvalue weighted by molar-refractivity contribution is -0.134. The summed E-state index contributed by atoms with van der Waals surface area (Å²) in [7, 11) is 0. The highest BCUT2D eigenvalue weighted by molar-refractivity contribution is 7.14. The SMILES string of the molecule is C[C@H](c1ccccc1)[C@@H](C(=O)Nc1nc(C(=O)O)cs1)N1C(=O)N[C@H](c2ccc3c(c2)OCCO3)C1=O. The molecular weight excluding hydrogens is 500 g/mol. The van der Waals surface area contributed by atoms with Crippen LogP contribution < -0.4 is 20.1 Å². The molecule has 1 saturated heterocycles. The highest BCUT2D eigenvalue weighted by atomic mass is 32.1. The van der Waals surface area contributed by atoms with Crippen molar-refractivity contribution < 1.29 is 33.8 Å². The van der Waals surface area contributed by atoms with Crippen LogP contribution in [-0.4, -0.2) is 58.1 Å². The van der Waals surface area contributed by atoms with E-state index in [0.717, 1.165) is 21.8 Å². The fraction of sp³-hybridized carbons (Fsp3) is 0.240. The number of carbonyl (C=O) groups excluding carboxylic acids is 3. The maximum Gasteiger partial charge on any atom is 0.355 e. The Kier molecular flexibility index (Phi) is 6.49. The number of anilines is 1. The van der Waals surface area contributed by atoms with E-state index < -0.39 is 41.8 Å². The predicted molar refractivity (Wildman–Crippen MR) is 132 cm³/mol. The van der Waals surface area contributed by atoms with Gasteiger partial charge in [-0.3, -0.25) is 9.59 Å². The molecular formula is C25H22N4O7S. The van der Waals surface area contributed by atoms with Crippen molar-refractivity contribution in [2.45, 2.75) is 24.9 Å². The number of amides is 4. The lowest BCUT2D eigenvalue weighted by atomic mass is 9.91. The van der Waals surface area contributed by atoms with Crippen molar-refractivity contribution >= 4 is 40.3 Å². The van der Waals surface area contributed by atoms with Gasteiger partial charge in [0.05, 0.1) is 0 Å². The molecule has 2 aliphatic rings. The van der Waals surface area contributed by atoms with E-state index in [0.29, 0.717) is 30.3 Å². The molecule has 0 bridgehead atoms. The summed E-state index contributed by atoms with van der Waals surface area (Å²) in [5, 5.41) is 15.7. The number of carbonyl (C=O) groups is 4. The molecule has 0 unspecified atom stereocenters. The minimum absolute atomic E-state index is 0.0445. The summed E-state index contributed by atoms with van der Waals surface area (Å²) in [5.41, 5.74) is 1.00. The average molecular weight is 523 g/mol. The number of imide groups is 1. The van der Waals surface area contributed by atoms with Crippen LogP contribution in [0.1, 0.15) is 40.5 Å². The van der Waals surface area contributed by atoms with Crippen LogP contribution in [0.2, 0.25) is 0 Å². The summed E-state index contributed by atoms with van der Waals surface area (Å²) >= 11 is 0.932. The van der Waals surface area contributed by atoms with Gasteiger partial charge in [0.1, 0.15) is 25.3 Å². The molecule has 4 amide bonds. The number of carboxylic acid groups (broad SMARTS) is 1. The summed E-state index contributed by atoms with van der Waals surface area (Å²) in [6.07, 6.45) is 0. The highest BCUT2D eigenvalue weighted by Gasteiger charge is 2.47. The number of hydrogen-bond acceptors (Lipinski definition) is 8. The van der Waals surface area contributed by atoms with E-state index in [9.17, 15) is 19.2 Å². The van der Waals surface area contributed by atoms with Crippen LogP contribution in [0.15, 0.2) is 53.9 Å². The van der Waals surface area contributed by atoms with Crippen LogP contribution >= 0.6 is 11.3 Å². The third-order valence-corrected chi connectivity index (χ3v) is 6.93. The Labute approximate surface area is 215 Å². The molecule has 0 spiro atoms. The van der Waals surface area contributed by atoms with E-state index in [-0.39, 0.29) is 10.8 Å². The quantitative estimate of drug-likeness (QED) is 0.401. The Bertz CT molecular complexity index is 1380. The number of urea groups is 1. The molecule has 3 heterocycles. The van der Waals surface area contributed by atoms with Crippen molar-refractivity contribution in [1.29, 1.82) is 0 Å². The second-order valence-electron chi connectivity index (χ2n) is 8.47. The van der Waals surface area contributed by atoms with Gasteiger partial charge in [-0.05, 0) is 23.3 Å². The van der Waals surface area contributed by atoms with Crippen LogP contribution in [0.4, 0.5) is 9.93 Å². The third-order valence-electron chi connectivity index (χ3n) is 6.17. The van der Waals surface area contributed by atoms with Crippen molar-refractivity contribution in [2.24, 2.45) is 0 Å². The van der Waals surface area contributed by atoms with Gasteiger partial charge < -0.3 is 25.2 Å². The largest absolute Gasteiger partial charge is 0.486 e. The molecule has 12 heteroatoms. The molecule has 37 heavy (non-hydrogen) atoms. The maximum atomic E-state index is 13.6. The van der Waals surface area contributed by atoms with Gasteiger partial charge in [-0.1, -0.05) is 43.3 Å². The van der Waals surface area contributed by atoms with Gasteiger partial charge in [0.15, 0.2) is 22.3 Å². The monoisotopic (exact) mass is 522 g/mol. The normalized spacial score (nSPS) is 18.2. The number of nitrogens with one attached hydrogen (secondary N) is 2. The van der Waals surface area contributed by atoms with Gasteiger partial charge in [0, 0.05) is 11.3 Å². The average Bonchev–Trinajstić information content (AvgIpc) is 3.49. The van der Waals surface area contributed by atoms with Crippen LogP contribution in [0.5, 0.6) is 11.5 Å². The van der Waals surface area contributed by atoms with E-state index in [1.54, 1.807) is 49.4 Å². The third kappa shape index (κ3) is 4.70. The number of fused-ring (bicyclic) bond motifs is 1. The van der Waals surface area contributed by atoms with Crippen LogP contribution in [0.25, 0.3) is 0 Å². The standard InChI is InChI=1S/C25H22N4O7S/c1-13(14-5-3-2-4-6-14)20(21(30)28-24-26-16(12-37-24)23(32)33)29-22(31)19(27-25(29)34)15-7-8-17-18(11-15)36-10-9-35-17/h2-8,11-13,19-20H,9-10H2,1H3,(H,27,34)(H,32,33)(H,26,28,30)/t13-,19-,20+/m1/s1. The number of thiazole rings is 1. The Morgan fingerprint density at radius 2 is 1.86 bits per heavy atom.